The van der Waals surface area contributed by atoms with Gasteiger partial charge in [0.25, 0.3) is 5.91 Å². The van der Waals surface area contributed by atoms with Gasteiger partial charge in [0, 0.05) is 10.7 Å². The van der Waals surface area contributed by atoms with Gasteiger partial charge in [0.15, 0.2) is 6.10 Å². The minimum Gasteiger partial charge on any atom is -0.448 e. The van der Waals surface area contributed by atoms with Crippen LogP contribution in [0.5, 0.6) is 0 Å². The molecular weight excluding hydrogens is 492 g/mol. The summed E-state index contributed by atoms with van der Waals surface area (Å²) in [5, 5.41) is 2.44. The molecule has 6 nitrogen and oxygen atoms in total. The molecule has 0 spiro atoms. The van der Waals surface area contributed by atoms with Crippen LogP contribution in [0.1, 0.15) is 22.8 Å². The van der Waals surface area contributed by atoms with E-state index in [9.17, 15) is 14.4 Å². The molecule has 182 valence electrons. The van der Waals surface area contributed by atoms with Gasteiger partial charge in [-0.2, -0.15) is 0 Å². The highest BCUT2D eigenvalue weighted by Crippen LogP contribution is 2.42. The van der Waals surface area contributed by atoms with Crippen molar-refractivity contribution in [2.45, 2.75) is 23.9 Å². The van der Waals surface area contributed by atoms with Gasteiger partial charge in [-0.05, 0) is 16.7 Å². The van der Waals surface area contributed by atoms with E-state index >= 15 is 0 Å². The highest BCUT2D eigenvalue weighted by atomic mass is 32.2. The summed E-state index contributed by atoms with van der Waals surface area (Å²) in [7, 11) is 0. The van der Waals surface area contributed by atoms with E-state index in [-0.39, 0.29) is 29.3 Å². The molecule has 8 heteroatoms. The van der Waals surface area contributed by atoms with Gasteiger partial charge in [-0.25, -0.2) is 4.79 Å². The Bertz CT molecular complexity index is 1260. The van der Waals surface area contributed by atoms with E-state index in [1.54, 1.807) is 0 Å². The van der Waals surface area contributed by atoms with Crippen LogP contribution in [-0.2, 0) is 25.5 Å². The van der Waals surface area contributed by atoms with Crippen molar-refractivity contribution in [2.75, 3.05) is 5.75 Å². The number of hydrogen-bond acceptors (Lipinski definition) is 6. The standard InChI is InChI=1S/C28H24N2O4S2/c31-22(16-18-10-4-1-5-11-18)29-23-26(32)30-24(21(35)17-36-27(23)30)28(33)34-25(19-12-6-2-7-13-19)20-14-8-3-9-15-20/h1-15,23,25,27,35H,16-17H2,(H,29,31)/t23?,27-/m1/s1. The number of rotatable bonds is 7. The predicted octanol–water partition coefficient (Wildman–Crippen LogP) is 4.10. The smallest absolute Gasteiger partial charge is 0.356 e. The number of thiol groups is 1. The van der Waals surface area contributed by atoms with Gasteiger partial charge >= 0.3 is 5.97 Å². The first-order valence-electron chi connectivity index (χ1n) is 11.5. The van der Waals surface area contributed by atoms with Crippen LogP contribution in [0, 0.1) is 0 Å². The highest BCUT2D eigenvalue weighted by Gasteiger charge is 2.54. The second-order valence-corrected chi connectivity index (χ2v) is 10.2. The lowest BCUT2D eigenvalue weighted by atomic mass is 10.0. The Kier molecular flexibility index (Phi) is 7.16. The van der Waals surface area contributed by atoms with Gasteiger partial charge in [-0.3, -0.25) is 14.5 Å². The molecule has 3 aromatic rings. The van der Waals surface area contributed by atoms with Crippen LogP contribution in [0.2, 0.25) is 0 Å². The van der Waals surface area contributed by atoms with Crippen molar-refractivity contribution in [3.05, 3.63) is 118 Å². The zero-order valence-corrected chi connectivity index (χ0v) is 21.0. The maximum atomic E-state index is 13.5. The van der Waals surface area contributed by atoms with Crippen LogP contribution in [0.4, 0.5) is 0 Å². The van der Waals surface area contributed by atoms with E-state index in [0.717, 1.165) is 16.7 Å². The summed E-state index contributed by atoms with van der Waals surface area (Å²) in [4.78, 5) is 41.0. The fourth-order valence-electron chi connectivity index (χ4n) is 4.35. The molecule has 2 heterocycles. The molecule has 0 saturated carbocycles. The van der Waals surface area contributed by atoms with Crippen LogP contribution >= 0.6 is 24.4 Å². The lowest BCUT2D eigenvalue weighted by Gasteiger charge is -2.49. The summed E-state index contributed by atoms with van der Waals surface area (Å²) in [6.07, 6.45) is -0.459. The van der Waals surface area contributed by atoms with Gasteiger partial charge in [0.2, 0.25) is 5.91 Å². The Morgan fingerprint density at radius 1 is 0.944 bits per heavy atom. The van der Waals surface area contributed by atoms with Crippen LogP contribution in [0.25, 0.3) is 0 Å². The molecule has 3 aromatic carbocycles. The number of carbonyl (C=O) groups excluding carboxylic acids is 3. The minimum absolute atomic E-state index is 0.137. The molecule has 0 radical (unpaired) electrons. The molecule has 1 fully saturated rings. The van der Waals surface area contributed by atoms with E-state index in [2.05, 4.69) is 17.9 Å². The third kappa shape index (κ3) is 4.92. The molecule has 2 atom stereocenters. The zero-order valence-electron chi connectivity index (χ0n) is 19.2. The quantitative estimate of drug-likeness (QED) is 0.281. The maximum Gasteiger partial charge on any atom is 0.356 e. The number of benzene rings is 3. The van der Waals surface area contributed by atoms with Gasteiger partial charge in [-0.1, -0.05) is 91.0 Å². The Hall–Kier alpha value is -3.49. The Morgan fingerprint density at radius 2 is 1.50 bits per heavy atom. The number of nitrogens with one attached hydrogen (secondary N) is 1. The second-order valence-electron chi connectivity index (χ2n) is 8.52. The predicted molar refractivity (Wildman–Crippen MR) is 142 cm³/mol. The monoisotopic (exact) mass is 516 g/mol. The summed E-state index contributed by atoms with van der Waals surface area (Å²) < 4.78 is 5.99. The van der Waals surface area contributed by atoms with Crippen molar-refractivity contribution < 1.29 is 19.1 Å². The largest absolute Gasteiger partial charge is 0.448 e. The molecule has 1 saturated heterocycles. The first-order chi connectivity index (χ1) is 17.5. The molecule has 1 unspecified atom stereocenters. The SMILES string of the molecule is O=C(Cc1ccccc1)NC1C(=O)N2C(C(=O)OC(c3ccccc3)c3ccccc3)=C(S)CS[C@H]12. The van der Waals surface area contributed by atoms with Crippen molar-refractivity contribution in [1.82, 2.24) is 10.2 Å². The molecule has 5 rings (SSSR count). The third-order valence-electron chi connectivity index (χ3n) is 6.10. The van der Waals surface area contributed by atoms with Crippen LogP contribution in [0.15, 0.2) is 102 Å². The Labute approximate surface area is 219 Å². The summed E-state index contributed by atoms with van der Waals surface area (Å²) >= 11 is 5.97. The number of hydrogen-bond donors (Lipinski definition) is 2. The molecule has 0 aromatic heterocycles. The molecule has 2 amide bonds. The number of fused-ring (bicyclic) bond motifs is 1. The number of carbonyl (C=O) groups is 3. The zero-order chi connectivity index (χ0) is 25.1. The molecule has 0 bridgehead atoms. The normalized spacial score (nSPS) is 18.9. The maximum absolute atomic E-state index is 13.5. The summed E-state index contributed by atoms with van der Waals surface area (Å²) in [5.41, 5.74) is 2.64. The number of thioether (sulfide) groups is 1. The van der Waals surface area contributed by atoms with E-state index in [1.165, 1.54) is 16.7 Å². The van der Waals surface area contributed by atoms with E-state index in [4.69, 9.17) is 4.74 Å². The number of β-lactam (4-membered cyclic amide) rings is 1. The van der Waals surface area contributed by atoms with Crippen molar-refractivity contribution in [3.63, 3.8) is 0 Å². The van der Waals surface area contributed by atoms with E-state index < -0.39 is 18.1 Å². The molecule has 2 aliphatic rings. The lowest BCUT2D eigenvalue weighted by molar-refractivity contribution is -0.154. The van der Waals surface area contributed by atoms with Crippen LogP contribution in [-0.4, -0.2) is 39.9 Å². The second kappa shape index (κ2) is 10.6. The first kappa shape index (κ1) is 24.2. The van der Waals surface area contributed by atoms with Crippen molar-refractivity contribution in [3.8, 4) is 0 Å². The Morgan fingerprint density at radius 3 is 2.08 bits per heavy atom. The van der Waals surface area contributed by atoms with Crippen molar-refractivity contribution >= 4 is 42.2 Å². The summed E-state index contributed by atoms with van der Waals surface area (Å²) in [6.45, 7) is 0. The van der Waals surface area contributed by atoms with E-state index in [1.807, 2.05) is 91.0 Å². The summed E-state index contributed by atoms with van der Waals surface area (Å²) in [6, 6.07) is 27.6. The molecular formula is C28H24N2O4S2. The summed E-state index contributed by atoms with van der Waals surface area (Å²) in [5.74, 6) is -0.764. The van der Waals surface area contributed by atoms with Crippen LogP contribution in [0.3, 0.4) is 0 Å². The third-order valence-corrected chi connectivity index (χ3v) is 7.96. The lowest BCUT2D eigenvalue weighted by Crippen LogP contribution is -2.70. The van der Waals surface area contributed by atoms with Gasteiger partial charge in [0.05, 0.1) is 6.42 Å². The van der Waals surface area contributed by atoms with Crippen molar-refractivity contribution in [2.24, 2.45) is 0 Å². The average molecular weight is 517 g/mol. The highest BCUT2D eigenvalue weighted by molar-refractivity contribution is 8.01. The minimum atomic E-state index is -0.700. The van der Waals surface area contributed by atoms with Gasteiger partial charge in [0.1, 0.15) is 17.1 Å². The molecule has 2 aliphatic heterocycles. The Balaban J connectivity index is 1.32. The van der Waals surface area contributed by atoms with Crippen LogP contribution < -0.4 is 5.32 Å². The van der Waals surface area contributed by atoms with E-state index in [0.29, 0.717) is 10.7 Å². The number of amides is 2. The van der Waals surface area contributed by atoms with Crippen molar-refractivity contribution in [1.29, 1.82) is 0 Å². The fraction of sp³-hybridized carbons (Fsp3) is 0.179. The topological polar surface area (TPSA) is 75.7 Å². The molecule has 36 heavy (non-hydrogen) atoms. The number of nitrogens with zero attached hydrogens (tertiary/aromatic N) is 1. The fourth-order valence-corrected chi connectivity index (χ4v) is 5.97. The first-order valence-corrected chi connectivity index (χ1v) is 13.0. The molecule has 0 aliphatic carbocycles. The average Bonchev–Trinajstić information content (AvgIpc) is 2.91. The van der Waals surface area contributed by atoms with Gasteiger partial charge < -0.3 is 10.1 Å². The number of ether oxygens (including phenoxy) is 1. The number of esters is 1. The van der Waals surface area contributed by atoms with Gasteiger partial charge in [-0.15, -0.1) is 24.4 Å². The molecule has 1 N–H and O–H groups in total.